The van der Waals surface area contributed by atoms with Gasteiger partial charge in [-0.15, -0.1) is 0 Å². The van der Waals surface area contributed by atoms with Gasteiger partial charge in [0.1, 0.15) is 0 Å². The summed E-state index contributed by atoms with van der Waals surface area (Å²) >= 11 is 0. The first-order valence-corrected chi connectivity index (χ1v) is 9.18. The number of carbonyl (C=O) groups is 2. The van der Waals surface area contributed by atoms with Crippen LogP contribution in [0.1, 0.15) is 48.2 Å². The molecule has 1 aliphatic carbocycles. The van der Waals surface area contributed by atoms with E-state index in [1.54, 1.807) is 6.07 Å². The van der Waals surface area contributed by atoms with Crippen molar-refractivity contribution in [2.45, 2.75) is 39.0 Å². The van der Waals surface area contributed by atoms with E-state index in [0.29, 0.717) is 18.0 Å². The van der Waals surface area contributed by atoms with Crippen LogP contribution in [0.2, 0.25) is 0 Å². The van der Waals surface area contributed by atoms with E-state index in [2.05, 4.69) is 24.5 Å². The van der Waals surface area contributed by atoms with Crippen LogP contribution in [0, 0.1) is 12.8 Å². The Morgan fingerprint density at radius 3 is 2.35 bits per heavy atom. The summed E-state index contributed by atoms with van der Waals surface area (Å²) in [6.07, 6.45) is 1.75. The topological polar surface area (TPSA) is 58.2 Å². The van der Waals surface area contributed by atoms with Gasteiger partial charge < -0.3 is 10.6 Å². The molecule has 26 heavy (non-hydrogen) atoms. The molecule has 0 atom stereocenters. The number of amides is 2. The van der Waals surface area contributed by atoms with E-state index in [-0.39, 0.29) is 11.8 Å². The summed E-state index contributed by atoms with van der Waals surface area (Å²) in [4.78, 5) is 25.0. The molecule has 1 aliphatic rings. The Balaban J connectivity index is 1.71. The van der Waals surface area contributed by atoms with Gasteiger partial charge >= 0.3 is 0 Å². The smallest absolute Gasteiger partial charge is 0.251 e. The molecule has 0 heterocycles. The minimum atomic E-state index is -0.402. The van der Waals surface area contributed by atoms with E-state index in [1.807, 2.05) is 49.4 Å². The standard InChI is InChI=1S/C22H26N2O2/c1-15(2)14-23-20(25)17-9-10-19(16(3)13-17)24-21(26)22(11-12-22)18-7-5-4-6-8-18/h4-10,13,15H,11-12,14H2,1-3H3,(H,23,25)(H,24,26). The summed E-state index contributed by atoms with van der Waals surface area (Å²) in [7, 11) is 0. The maximum absolute atomic E-state index is 12.9. The van der Waals surface area contributed by atoms with Crippen LogP contribution in [0.3, 0.4) is 0 Å². The molecule has 0 radical (unpaired) electrons. The highest BCUT2D eigenvalue weighted by molar-refractivity contribution is 6.02. The molecule has 0 unspecified atom stereocenters. The van der Waals surface area contributed by atoms with Gasteiger partial charge in [-0.3, -0.25) is 9.59 Å². The van der Waals surface area contributed by atoms with E-state index in [4.69, 9.17) is 0 Å². The minimum absolute atomic E-state index is 0.0313. The Morgan fingerprint density at radius 1 is 1.08 bits per heavy atom. The van der Waals surface area contributed by atoms with Crippen molar-refractivity contribution in [2.75, 3.05) is 11.9 Å². The molecule has 2 aromatic rings. The van der Waals surface area contributed by atoms with Crippen LogP contribution in [0.4, 0.5) is 5.69 Å². The quantitative estimate of drug-likeness (QED) is 0.826. The van der Waals surface area contributed by atoms with E-state index < -0.39 is 5.41 Å². The molecule has 0 spiro atoms. The fourth-order valence-corrected chi connectivity index (χ4v) is 3.12. The molecule has 136 valence electrons. The van der Waals surface area contributed by atoms with Crippen LogP contribution < -0.4 is 10.6 Å². The first kappa shape index (κ1) is 18.2. The second kappa shape index (κ2) is 7.32. The van der Waals surface area contributed by atoms with Crippen molar-refractivity contribution in [3.05, 3.63) is 65.2 Å². The number of aryl methyl sites for hydroxylation is 1. The number of carbonyl (C=O) groups excluding carboxylic acids is 2. The minimum Gasteiger partial charge on any atom is -0.352 e. The van der Waals surface area contributed by atoms with Crippen LogP contribution in [0.25, 0.3) is 0 Å². The van der Waals surface area contributed by atoms with Crippen LogP contribution in [-0.2, 0) is 10.2 Å². The first-order chi connectivity index (χ1) is 12.4. The largest absolute Gasteiger partial charge is 0.352 e. The number of hydrogen-bond acceptors (Lipinski definition) is 2. The highest BCUT2D eigenvalue weighted by Gasteiger charge is 2.51. The van der Waals surface area contributed by atoms with Gasteiger partial charge in [-0.25, -0.2) is 0 Å². The summed E-state index contributed by atoms with van der Waals surface area (Å²) < 4.78 is 0. The molecule has 2 amide bonds. The Bertz CT molecular complexity index is 808. The van der Waals surface area contributed by atoms with Gasteiger partial charge in [0.2, 0.25) is 5.91 Å². The lowest BCUT2D eigenvalue weighted by molar-refractivity contribution is -0.118. The molecule has 4 nitrogen and oxygen atoms in total. The maximum atomic E-state index is 12.9. The maximum Gasteiger partial charge on any atom is 0.251 e. The van der Waals surface area contributed by atoms with E-state index in [1.165, 1.54) is 0 Å². The number of benzene rings is 2. The zero-order valence-corrected chi connectivity index (χ0v) is 15.6. The summed E-state index contributed by atoms with van der Waals surface area (Å²) in [5.41, 5.74) is 2.93. The summed E-state index contributed by atoms with van der Waals surface area (Å²) in [5, 5.41) is 5.97. The third-order valence-electron chi connectivity index (χ3n) is 4.92. The Hall–Kier alpha value is -2.62. The lowest BCUT2D eigenvalue weighted by Gasteiger charge is -2.17. The third-order valence-corrected chi connectivity index (χ3v) is 4.92. The van der Waals surface area contributed by atoms with Crippen molar-refractivity contribution in [3.63, 3.8) is 0 Å². The fraction of sp³-hybridized carbons (Fsp3) is 0.364. The molecular weight excluding hydrogens is 324 g/mol. The molecule has 0 aliphatic heterocycles. The van der Waals surface area contributed by atoms with Crippen molar-refractivity contribution in [1.82, 2.24) is 5.32 Å². The van der Waals surface area contributed by atoms with Crippen LogP contribution in [0.15, 0.2) is 48.5 Å². The molecule has 3 rings (SSSR count). The highest BCUT2D eigenvalue weighted by Crippen LogP contribution is 2.49. The Morgan fingerprint density at radius 2 is 1.77 bits per heavy atom. The van der Waals surface area contributed by atoms with Gasteiger partial charge in [0.15, 0.2) is 0 Å². The summed E-state index contributed by atoms with van der Waals surface area (Å²) in [5.74, 6) is 0.359. The number of hydrogen-bond donors (Lipinski definition) is 2. The number of nitrogens with one attached hydrogen (secondary N) is 2. The zero-order chi connectivity index (χ0) is 18.7. The molecule has 0 aromatic heterocycles. The zero-order valence-electron chi connectivity index (χ0n) is 15.6. The van der Waals surface area contributed by atoms with E-state index in [0.717, 1.165) is 29.7 Å². The average Bonchev–Trinajstić information content (AvgIpc) is 3.44. The van der Waals surface area contributed by atoms with E-state index in [9.17, 15) is 9.59 Å². The van der Waals surface area contributed by atoms with Crippen molar-refractivity contribution >= 4 is 17.5 Å². The molecule has 1 fully saturated rings. The van der Waals surface area contributed by atoms with Crippen molar-refractivity contribution < 1.29 is 9.59 Å². The van der Waals surface area contributed by atoms with Crippen molar-refractivity contribution in [1.29, 1.82) is 0 Å². The average molecular weight is 350 g/mol. The van der Waals surface area contributed by atoms with Gasteiger partial charge in [0, 0.05) is 17.8 Å². The SMILES string of the molecule is Cc1cc(C(=O)NCC(C)C)ccc1NC(=O)C1(c2ccccc2)CC1. The summed E-state index contributed by atoms with van der Waals surface area (Å²) in [6.45, 7) is 6.68. The predicted molar refractivity (Wildman–Crippen MR) is 104 cm³/mol. The molecule has 2 aromatic carbocycles. The fourth-order valence-electron chi connectivity index (χ4n) is 3.12. The molecule has 0 bridgehead atoms. The Labute approximate surface area is 155 Å². The molecule has 1 saturated carbocycles. The van der Waals surface area contributed by atoms with Crippen LogP contribution in [0.5, 0.6) is 0 Å². The van der Waals surface area contributed by atoms with Gasteiger partial charge in [0.25, 0.3) is 5.91 Å². The van der Waals surface area contributed by atoms with Crippen molar-refractivity contribution in [3.8, 4) is 0 Å². The summed E-state index contributed by atoms with van der Waals surface area (Å²) in [6, 6.07) is 15.3. The molecular formula is C22H26N2O2. The molecule has 0 saturated heterocycles. The predicted octanol–water partition coefficient (Wildman–Crippen LogP) is 4.05. The number of rotatable bonds is 6. The Kier molecular flexibility index (Phi) is 5.12. The van der Waals surface area contributed by atoms with Crippen LogP contribution >= 0.6 is 0 Å². The van der Waals surface area contributed by atoms with Gasteiger partial charge in [-0.1, -0.05) is 44.2 Å². The van der Waals surface area contributed by atoms with Crippen molar-refractivity contribution in [2.24, 2.45) is 5.92 Å². The van der Waals surface area contributed by atoms with Gasteiger partial charge in [-0.2, -0.15) is 0 Å². The lowest BCUT2D eigenvalue weighted by atomic mass is 9.95. The van der Waals surface area contributed by atoms with E-state index >= 15 is 0 Å². The normalized spacial score (nSPS) is 14.8. The second-order valence-corrected chi connectivity index (χ2v) is 7.54. The van der Waals surface area contributed by atoms with Crippen LogP contribution in [-0.4, -0.2) is 18.4 Å². The first-order valence-electron chi connectivity index (χ1n) is 9.18. The highest BCUT2D eigenvalue weighted by atomic mass is 16.2. The third kappa shape index (κ3) is 3.79. The lowest BCUT2D eigenvalue weighted by Crippen LogP contribution is -2.29. The molecule has 2 N–H and O–H groups in total. The number of anilines is 1. The second-order valence-electron chi connectivity index (χ2n) is 7.54. The van der Waals surface area contributed by atoms with Gasteiger partial charge in [0.05, 0.1) is 5.41 Å². The molecule has 4 heteroatoms. The van der Waals surface area contributed by atoms with Gasteiger partial charge in [-0.05, 0) is 55.0 Å². The monoisotopic (exact) mass is 350 g/mol.